The summed E-state index contributed by atoms with van der Waals surface area (Å²) in [6.45, 7) is 2.94. The van der Waals surface area contributed by atoms with Crippen molar-refractivity contribution in [3.63, 3.8) is 0 Å². The van der Waals surface area contributed by atoms with Crippen molar-refractivity contribution < 1.29 is 9.53 Å². The van der Waals surface area contributed by atoms with Gasteiger partial charge in [-0.1, -0.05) is 12.8 Å². The molecule has 0 radical (unpaired) electrons. The lowest BCUT2D eigenvalue weighted by Gasteiger charge is -2.28. The number of nitrogens with two attached hydrogens (primary N) is 1. The molecule has 0 unspecified atom stereocenters. The number of rotatable bonds is 3. The van der Waals surface area contributed by atoms with E-state index < -0.39 is 0 Å². The van der Waals surface area contributed by atoms with Gasteiger partial charge in [0.25, 0.3) is 0 Å². The normalized spacial score (nSPS) is 28.5. The van der Waals surface area contributed by atoms with Crippen LogP contribution in [0.25, 0.3) is 0 Å². The Hall–Kier alpha value is -0.570. The standard InChI is InChI=1S/C10H19NO2/c1-2-13-10(12)9-6-4-3-5-8(9)7-11/h8-9H,2-7,11H2,1H3/t8-,9-/m1/s1. The van der Waals surface area contributed by atoms with Crippen LogP contribution < -0.4 is 5.73 Å². The summed E-state index contributed by atoms with van der Waals surface area (Å²) < 4.78 is 5.02. The minimum Gasteiger partial charge on any atom is -0.466 e. The molecule has 2 atom stereocenters. The number of esters is 1. The average molecular weight is 185 g/mol. The lowest BCUT2D eigenvalue weighted by molar-refractivity contribution is -0.151. The molecule has 76 valence electrons. The van der Waals surface area contributed by atoms with Crippen LogP contribution in [-0.2, 0) is 9.53 Å². The molecule has 0 amide bonds. The number of hydrogen-bond donors (Lipinski definition) is 1. The fourth-order valence-electron chi connectivity index (χ4n) is 2.05. The average Bonchev–Trinajstić information content (AvgIpc) is 2.18. The summed E-state index contributed by atoms with van der Waals surface area (Å²) in [5, 5.41) is 0. The Morgan fingerprint density at radius 3 is 2.77 bits per heavy atom. The third-order valence-electron chi connectivity index (χ3n) is 2.80. The molecule has 0 bridgehead atoms. The number of carbonyl (C=O) groups excluding carboxylic acids is 1. The van der Waals surface area contributed by atoms with Crippen LogP contribution in [-0.4, -0.2) is 19.1 Å². The Labute approximate surface area is 79.6 Å². The van der Waals surface area contributed by atoms with Gasteiger partial charge in [-0.15, -0.1) is 0 Å². The van der Waals surface area contributed by atoms with E-state index in [0.29, 0.717) is 19.1 Å². The van der Waals surface area contributed by atoms with Crippen LogP contribution in [0.4, 0.5) is 0 Å². The molecule has 3 nitrogen and oxygen atoms in total. The second-order valence-electron chi connectivity index (χ2n) is 3.64. The fraction of sp³-hybridized carbons (Fsp3) is 0.900. The molecule has 3 heteroatoms. The van der Waals surface area contributed by atoms with Crippen molar-refractivity contribution >= 4 is 5.97 Å². The van der Waals surface area contributed by atoms with Crippen molar-refractivity contribution in [2.24, 2.45) is 17.6 Å². The van der Waals surface area contributed by atoms with Crippen molar-refractivity contribution in [3.8, 4) is 0 Å². The van der Waals surface area contributed by atoms with Crippen LogP contribution in [0.3, 0.4) is 0 Å². The van der Waals surface area contributed by atoms with Crippen molar-refractivity contribution in [2.75, 3.05) is 13.2 Å². The van der Waals surface area contributed by atoms with Crippen LogP contribution in [0.15, 0.2) is 0 Å². The summed E-state index contributed by atoms with van der Waals surface area (Å²) in [5.41, 5.74) is 5.62. The highest BCUT2D eigenvalue weighted by molar-refractivity contribution is 5.72. The van der Waals surface area contributed by atoms with E-state index in [9.17, 15) is 4.79 Å². The minimum absolute atomic E-state index is 0.0438. The Kier molecular flexibility index (Phi) is 4.22. The molecular formula is C10H19NO2. The second-order valence-corrected chi connectivity index (χ2v) is 3.64. The zero-order valence-corrected chi connectivity index (χ0v) is 8.29. The van der Waals surface area contributed by atoms with Crippen molar-refractivity contribution in [1.82, 2.24) is 0 Å². The first-order valence-corrected chi connectivity index (χ1v) is 5.16. The van der Waals surface area contributed by atoms with E-state index in [1.165, 1.54) is 6.42 Å². The van der Waals surface area contributed by atoms with Crippen molar-refractivity contribution in [3.05, 3.63) is 0 Å². The van der Waals surface area contributed by atoms with E-state index in [1.807, 2.05) is 6.92 Å². The quantitative estimate of drug-likeness (QED) is 0.674. The van der Waals surface area contributed by atoms with Crippen molar-refractivity contribution in [2.45, 2.75) is 32.6 Å². The molecule has 2 N–H and O–H groups in total. The molecule has 1 fully saturated rings. The van der Waals surface area contributed by atoms with Gasteiger partial charge in [0, 0.05) is 0 Å². The van der Waals surface area contributed by atoms with Crippen LogP contribution in [0.2, 0.25) is 0 Å². The van der Waals surface area contributed by atoms with E-state index in [0.717, 1.165) is 19.3 Å². The summed E-state index contributed by atoms with van der Waals surface area (Å²) in [7, 11) is 0. The Bertz CT molecular complexity index is 170. The van der Waals surface area contributed by atoms with Gasteiger partial charge < -0.3 is 10.5 Å². The lowest BCUT2D eigenvalue weighted by atomic mass is 9.79. The number of hydrogen-bond acceptors (Lipinski definition) is 3. The third-order valence-corrected chi connectivity index (χ3v) is 2.80. The van der Waals surface area contributed by atoms with E-state index in [4.69, 9.17) is 10.5 Å². The van der Waals surface area contributed by atoms with E-state index in [1.54, 1.807) is 0 Å². The topological polar surface area (TPSA) is 52.3 Å². The van der Waals surface area contributed by atoms with Gasteiger partial charge in [0.1, 0.15) is 0 Å². The van der Waals surface area contributed by atoms with E-state index in [-0.39, 0.29) is 11.9 Å². The first-order valence-electron chi connectivity index (χ1n) is 5.16. The highest BCUT2D eigenvalue weighted by Crippen LogP contribution is 2.30. The third kappa shape index (κ3) is 2.69. The molecular weight excluding hydrogens is 166 g/mol. The minimum atomic E-state index is -0.0438. The maximum absolute atomic E-state index is 11.5. The largest absolute Gasteiger partial charge is 0.466 e. The molecule has 0 aromatic carbocycles. The molecule has 1 aliphatic rings. The van der Waals surface area contributed by atoms with Crippen LogP contribution in [0, 0.1) is 11.8 Å². The smallest absolute Gasteiger partial charge is 0.309 e. The predicted octanol–water partition coefficient (Wildman–Crippen LogP) is 1.31. The summed E-state index contributed by atoms with van der Waals surface area (Å²) in [5.74, 6) is 0.379. The number of carbonyl (C=O) groups is 1. The van der Waals surface area contributed by atoms with Gasteiger partial charge in [-0.25, -0.2) is 0 Å². The summed E-state index contributed by atoms with van der Waals surface area (Å²) in [6.07, 6.45) is 4.39. The summed E-state index contributed by atoms with van der Waals surface area (Å²) >= 11 is 0. The lowest BCUT2D eigenvalue weighted by Crippen LogP contribution is -2.33. The molecule has 1 aliphatic carbocycles. The predicted molar refractivity (Wildman–Crippen MR) is 51.1 cm³/mol. The highest BCUT2D eigenvalue weighted by Gasteiger charge is 2.30. The zero-order chi connectivity index (χ0) is 9.68. The molecule has 0 aliphatic heterocycles. The molecule has 13 heavy (non-hydrogen) atoms. The molecule has 0 saturated heterocycles. The van der Waals surface area contributed by atoms with Gasteiger partial charge >= 0.3 is 5.97 Å². The zero-order valence-electron chi connectivity index (χ0n) is 8.29. The first-order chi connectivity index (χ1) is 6.29. The maximum atomic E-state index is 11.5. The Morgan fingerprint density at radius 2 is 2.15 bits per heavy atom. The molecule has 0 aromatic heterocycles. The molecule has 1 saturated carbocycles. The van der Waals surface area contributed by atoms with Crippen LogP contribution in [0.1, 0.15) is 32.6 Å². The SMILES string of the molecule is CCOC(=O)[C@@H]1CCCC[C@@H]1CN. The van der Waals surface area contributed by atoms with Gasteiger partial charge in [0.2, 0.25) is 0 Å². The van der Waals surface area contributed by atoms with Gasteiger partial charge in [0.05, 0.1) is 12.5 Å². The van der Waals surface area contributed by atoms with Gasteiger partial charge in [-0.3, -0.25) is 4.79 Å². The Morgan fingerprint density at radius 1 is 1.46 bits per heavy atom. The summed E-state index contributed by atoms with van der Waals surface area (Å²) in [6, 6.07) is 0. The molecule has 0 heterocycles. The van der Waals surface area contributed by atoms with Gasteiger partial charge in [-0.05, 0) is 32.2 Å². The van der Waals surface area contributed by atoms with E-state index >= 15 is 0 Å². The fourth-order valence-corrected chi connectivity index (χ4v) is 2.05. The van der Waals surface area contributed by atoms with Gasteiger partial charge in [-0.2, -0.15) is 0 Å². The Balaban J connectivity index is 2.48. The monoisotopic (exact) mass is 185 g/mol. The maximum Gasteiger partial charge on any atom is 0.309 e. The van der Waals surface area contributed by atoms with Gasteiger partial charge in [0.15, 0.2) is 0 Å². The first kappa shape index (κ1) is 10.5. The van der Waals surface area contributed by atoms with Crippen molar-refractivity contribution in [1.29, 1.82) is 0 Å². The number of ether oxygens (including phenoxy) is 1. The summed E-state index contributed by atoms with van der Waals surface area (Å²) in [4.78, 5) is 11.5. The van der Waals surface area contributed by atoms with E-state index in [2.05, 4.69) is 0 Å². The molecule has 0 aromatic rings. The molecule has 0 spiro atoms. The van der Waals surface area contributed by atoms with Crippen LogP contribution in [0.5, 0.6) is 0 Å². The second kappa shape index (κ2) is 5.22. The van der Waals surface area contributed by atoms with Crippen LogP contribution >= 0.6 is 0 Å². The molecule has 1 rings (SSSR count). The highest BCUT2D eigenvalue weighted by atomic mass is 16.5.